The second-order valence-electron chi connectivity index (χ2n) is 4.82. The molecule has 0 aromatic rings. The van der Waals surface area contributed by atoms with Crippen molar-refractivity contribution in [3.8, 4) is 11.5 Å². The van der Waals surface area contributed by atoms with E-state index in [0.29, 0.717) is 30.7 Å². The standard InChI is InChI=1S/C12H16ClN5O3/c13-10-9-11(18(7-14-10)5-8(20)6-19)16-12(15-9)17-1-3-21-4-2-17/h7-8,19-20H,1-6H2. The minimum absolute atomic E-state index is 0.179. The highest BCUT2D eigenvalue weighted by Gasteiger charge is 2.24. The van der Waals surface area contributed by atoms with Gasteiger partial charge in [-0.1, -0.05) is 11.6 Å². The molecule has 2 N–H and O–H groups in total. The molecular formula is C12H16ClN5O3. The first-order valence-corrected chi connectivity index (χ1v) is 7.07. The van der Waals surface area contributed by atoms with Crippen molar-refractivity contribution in [1.82, 2.24) is 19.5 Å². The van der Waals surface area contributed by atoms with Crippen molar-refractivity contribution < 1.29 is 14.9 Å². The lowest BCUT2D eigenvalue weighted by molar-refractivity contribution is 0.0810. The molecule has 0 aliphatic carbocycles. The predicted octanol–water partition coefficient (Wildman–Crippen LogP) is -0.379. The van der Waals surface area contributed by atoms with Crippen molar-refractivity contribution >= 4 is 17.5 Å². The van der Waals surface area contributed by atoms with Crippen LogP contribution in [-0.4, -0.2) is 68.7 Å². The number of ether oxygens (including phenoxy) is 1. The van der Waals surface area contributed by atoms with Crippen LogP contribution in [0.5, 0.6) is 0 Å². The number of aliphatic hydroxyl groups excluding tert-OH is 2. The summed E-state index contributed by atoms with van der Waals surface area (Å²) in [7, 11) is 0. The van der Waals surface area contributed by atoms with Crippen molar-refractivity contribution in [2.24, 2.45) is 0 Å². The van der Waals surface area contributed by atoms with Gasteiger partial charge in [0.15, 0.2) is 11.0 Å². The van der Waals surface area contributed by atoms with Crippen LogP contribution in [0.25, 0.3) is 11.5 Å². The average molecular weight is 314 g/mol. The Hall–Kier alpha value is -1.48. The van der Waals surface area contributed by atoms with E-state index in [0.717, 1.165) is 13.1 Å². The fourth-order valence-electron chi connectivity index (χ4n) is 2.22. The smallest absolute Gasteiger partial charge is 0.228 e. The van der Waals surface area contributed by atoms with E-state index in [1.807, 2.05) is 4.90 Å². The van der Waals surface area contributed by atoms with Gasteiger partial charge in [-0.2, -0.15) is 4.98 Å². The van der Waals surface area contributed by atoms with Crippen LogP contribution in [0.3, 0.4) is 0 Å². The van der Waals surface area contributed by atoms with Crippen LogP contribution in [0.15, 0.2) is 6.33 Å². The Morgan fingerprint density at radius 3 is 2.81 bits per heavy atom. The third-order valence-corrected chi connectivity index (χ3v) is 3.60. The highest BCUT2D eigenvalue weighted by molar-refractivity contribution is 6.31. The van der Waals surface area contributed by atoms with Gasteiger partial charge in [0.25, 0.3) is 0 Å². The summed E-state index contributed by atoms with van der Waals surface area (Å²) in [4.78, 5) is 15.0. The van der Waals surface area contributed by atoms with Crippen molar-refractivity contribution in [3.05, 3.63) is 11.5 Å². The van der Waals surface area contributed by atoms with E-state index in [-0.39, 0.29) is 18.3 Å². The largest absolute Gasteiger partial charge is 0.394 e. The number of morpholine rings is 1. The van der Waals surface area contributed by atoms with E-state index in [1.54, 1.807) is 4.57 Å². The first-order chi connectivity index (χ1) is 10.2. The number of hydrogen-bond donors (Lipinski definition) is 2. The summed E-state index contributed by atoms with van der Waals surface area (Å²) in [5, 5.41) is 18.8. The fourth-order valence-corrected chi connectivity index (χ4v) is 2.39. The molecule has 3 aliphatic heterocycles. The molecule has 0 bridgehead atoms. The Labute approximate surface area is 126 Å². The maximum atomic E-state index is 9.59. The van der Waals surface area contributed by atoms with Crippen LogP contribution in [-0.2, 0) is 11.3 Å². The number of anilines is 1. The van der Waals surface area contributed by atoms with Gasteiger partial charge < -0.3 is 24.4 Å². The molecule has 8 nitrogen and oxygen atoms in total. The maximum Gasteiger partial charge on any atom is 0.228 e. The molecule has 0 aromatic heterocycles. The number of imidazole rings is 1. The van der Waals surface area contributed by atoms with Crippen molar-refractivity contribution in [1.29, 1.82) is 0 Å². The molecule has 1 saturated heterocycles. The summed E-state index contributed by atoms with van der Waals surface area (Å²) < 4.78 is 6.95. The van der Waals surface area contributed by atoms with Crippen LogP contribution >= 0.6 is 11.6 Å². The van der Waals surface area contributed by atoms with Crippen LogP contribution in [0.2, 0.25) is 5.15 Å². The normalized spacial score (nSPS) is 17.4. The van der Waals surface area contributed by atoms with Crippen LogP contribution < -0.4 is 4.90 Å². The molecule has 0 radical (unpaired) electrons. The highest BCUT2D eigenvalue weighted by Crippen LogP contribution is 2.28. The second-order valence-corrected chi connectivity index (χ2v) is 5.18. The number of halogens is 1. The SMILES string of the molecule is OCC(O)Cn1cnc(Cl)c2nc(N3CCOCC3)nc1-2. The Kier molecular flexibility index (Phi) is 4.20. The molecule has 0 amide bonds. The molecule has 0 saturated carbocycles. The quantitative estimate of drug-likeness (QED) is 0.743. The van der Waals surface area contributed by atoms with E-state index in [1.165, 1.54) is 6.33 Å². The Bertz CT molecular complexity index is 587. The fraction of sp³-hybridized carbons (Fsp3) is 0.583. The predicted molar refractivity (Wildman–Crippen MR) is 75.6 cm³/mol. The Morgan fingerprint density at radius 1 is 1.33 bits per heavy atom. The first kappa shape index (κ1) is 14.5. The summed E-state index contributed by atoms with van der Waals surface area (Å²) in [5.41, 5.74) is 0.491. The van der Waals surface area contributed by atoms with Crippen molar-refractivity contribution in [2.45, 2.75) is 12.6 Å². The van der Waals surface area contributed by atoms with Gasteiger partial charge in [-0.05, 0) is 0 Å². The molecular weight excluding hydrogens is 298 g/mol. The number of hydrogen-bond acceptors (Lipinski definition) is 7. The van der Waals surface area contributed by atoms with E-state index in [2.05, 4.69) is 15.0 Å². The van der Waals surface area contributed by atoms with Gasteiger partial charge in [-0.3, -0.25) is 0 Å². The lowest BCUT2D eigenvalue weighted by Gasteiger charge is -2.25. The van der Waals surface area contributed by atoms with Crippen LogP contribution in [0.4, 0.5) is 5.95 Å². The zero-order chi connectivity index (χ0) is 14.8. The topological polar surface area (TPSA) is 96.5 Å². The zero-order valence-electron chi connectivity index (χ0n) is 11.3. The molecule has 114 valence electrons. The minimum atomic E-state index is -0.885. The third kappa shape index (κ3) is 2.93. The zero-order valence-corrected chi connectivity index (χ0v) is 12.1. The average Bonchev–Trinajstić information content (AvgIpc) is 2.97. The Balaban J connectivity index is 1.95. The molecule has 9 heteroatoms. The Morgan fingerprint density at radius 2 is 2.10 bits per heavy atom. The van der Waals surface area contributed by atoms with Gasteiger partial charge in [-0.15, -0.1) is 0 Å². The first-order valence-electron chi connectivity index (χ1n) is 6.69. The van der Waals surface area contributed by atoms with Gasteiger partial charge in [0, 0.05) is 13.1 Å². The minimum Gasteiger partial charge on any atom is -0.394 e. The number of nitrogens with zero attached hydrogens (tertiary/aromatic N) is 5. The summed E-state index contributed by atoms with van der Waals surface area (Å²) in [6.07, 6.45) is 0.603. The molecule has 1 atom stereocenters. The van der Waals surface area contributed by atoms with Crippen LogP contribution in [0.1, 0.15) is 0 Å². The lowest BCUT2D eigenvalue weighted by atomic mass is 10.3. The molecule has 1 unspecified atom stereocenters. The van der Waals surface area contributed by atoms with Gasteiger partial charge in [-0.25, -0.2) is 9.97 Å². The van der Waals surface area contributed by atoms with Crippen molar-refractivity contribution in [3.63, 3.8) is 0 Å². The van der Waals surface area contributed by atoms with E-state index in [9.17, 15) is 5.11 Å². The number of aromatic nitrogens is 4. The van der Waals surface area contributed by atoms with E-state index in [4.69, 9.17) is 21.4 Å². The number of aliphatic hydroxyl groups is 2. The van der Waals surface area contributed by atoms with Gasteiger partial charge in [0.1, 0.15) is 5.69 Å². The summed E-state index contributed by atoms with van der Waals surface area (Å²) in [6.45, 7) is 2.57. The summed E-state index contributed by atoms with van der Waals surface area (Å²) >= 11 is 6.07. The highest BCUT2D eigenvalue weighted by atomic mass is 35.5. The monoisotopic (exact) mass is 313 g/mol. The molecule has 3 aliphatic rings. The van der Waals surface area contributed by atoms with Crippen LogP contribution in [0, 0.1) is 0 Å². The van der Waals surface area contributed by atoms with Crippen molar-refractivity contribution in [2.75, 3.05) is 37.8 Å². The summed E-state index contributed by atoms with van der Waals surface area (Å²) in [6, 6.07) is 0. The maximum absolute atomic E-state index is 9.59. The molecule has 21 heavy (non-hydrogen) atoms. The third-order valence-electron chi connectivity index (χ3n) is 3.32. The van der Waals surface area contributed by atoms with E-state index < -0.39 is 6.10 Å². The second kappa shape index (κ2) is 6.10. The van der Waals surface area contributed by atoms with E-state index >= 15 is 0 Å². The van der Waals surface area contributed by atoms with Gasteiger partial charge in [0.05, 0.1) is 38.8 Å². The van der Waals surface area contributed by atoms with Gasteiger partial charge in [0.2, 0.25) is 5.95 Å². The molecule has 0 spiro atoms. The number of rotatable bonds is 4. The molecule has 1 fully saturated rings. The van der Waals surface area contributed by atoms with Gasteiger partial charge >= 0.3 is 0 Å². The number of fused-ring (bicyclic) bond motifs is 1. The lowest BCUT2D eigenvalue weighted by Crippen LogP contribution is -2.36. The summed E-state index contributed by atoms with van der Waals surface area (Å²) in [5.74, 6) is 1.12. The molecule has 3 heterocycles. The molecule has 0 aromatic carbocycles. The molecule has 3 rings (SSSR count).